The summed E-state index contributed by atoms with van der Waals surface area (Å²) in [6.45, 7) is 2.37. The minimum Gasteiger partial charge on any atom is -0.469 e. The zero-order valence-electron chi connectivity index (χ0n) is 14.8. The van der Waals surface area contributed by atoms with Crippen LogP contribution in [0, 0.1) is 0 Å². The second-order valence-corrected chi connectivity index (χ2v) is 9.87. The van der Waals surface area contributed by atoms with Gasteiger partial charge in [0.2, 0.25) is 15.9 Å². The van der Waals surface area contributed by atoms with Crippen molar-refractivity contribution in [3.8, 4) is 0 Å². The van der Waals surface area contributed by atoms with Gasteiger partial charge in [-0.1, -0.05) is 6.92 Å². The van der Waals surface area contributed by atoms with Crippen molar-refractivity contribution in [3.05, 3.63) is 42.4 Å². The fourth-order valence-corrected chi connectivity index (χ4v) is 5.11. The second-order valence-electron chi connectivity index (χ2n) is 6.35. The van der Waals surface area contributed by atoms with E-state index in [0.717, 1.165) is 10.7 Å². The van der Waals surface area contributed by atoms with Crippen LogP contribution in [0.2, 0.25) is 0 Å². The molecule has 1 amide bonds. The van der Waals surface area contributed by atoms with Gasteiger partial charge in [0.1, 0.15) is 5.76 Å². The molecule has 0 spiro atoms. The van der Waals surface area contributed by atoms with Gasteiger partial charge in [-0.15, -0.1) is 11.8 Å². The van der Waals surface area contributed by atoms with Crippen LogP contribution < -0.4 is 5.32 Å². The Morgan fingerprint density at radius 1 is 1.35 bits per heavy atom. The molecular weight excluding hydrogens is 372 g/mol. The minimum atomic E-state index is -3.61. The maximum Gasteiger partial charge on any atom is 0.242 e. The van der Waals surface area contributed by atoms with E-state index >= 15 is 0 Å². The highest BCUT2D eigenvalue weighted by atomic mass is 32.2. The van der Waals surface area contributed by atoms with Gasteiger partial charge >= 0.3 is 0 Å². The second kappa shape index (κ2) is 7.85. The molecule has 0 saturated carbocycles. The Labute approximate surface area is 158 Å². The molecule has 0 fully saturated rings. The Balaban J connectivity index is 1.73. The highest BCUT2D eigenvalue weighted by Gasteiger charge is 2.24. The van der Waals surface area contributed by atoms with Gasteiger partial charge in [-0.25, -0.2) is 12.7 Å². The summed E-state index contributed by atoms with van der Waals surface area (Å²) in [6.07, 6.45) is 3.37. The number of amides is 1. The lowest BCUT2D eigenvalue weighted by atomic mass is 10.2. The van der Waals surface area contributed by atoms with Crippen molar-refractivity contribution in [1.29, 1.82) is 0 Å². The van der Waals surface area contributed by atoms with Crippen LogP contribution in [0.4, 0.5) is 5.69 Å². The van der Waals surface area contributed by atoms with Gasteiger partial charge in [0.05, 0.1) is 16.8 Å². The third-order valence-electron chi connectivity index (χ3n) is 4.21. The molecule has 140 valence electrons. The minimum absolute atomic E-state index is 0.0925. The molecule has 1 aliphatic rings. The smallest absolute Gasteiger partial charge is 0.242 e. The number of sulfonamides is 1. The van der Waals surface area contributed by atoms with Crippen LogP contribution in [0.1, 0.15) is 25.5 Å². The number of benzene rings is 1. The molecular formula is C18H22N2O4S2. The van der Waals surface area contributed by atoms with Crippen molar-refractivity contribution in [2.45, 2.75) is 41.2 Å². The van der Waals surface area contributed by atoms with Gasteiger partial charge in [-0.2, -0.15) is 0 Å². The number of hydrogen-bond acceptors (Lipinski definition) is 5. The molecule has 8 heteroatoms. The average molecular weight is 395 g/mol. The maximum absolute atomic E-state index is 12.8. The van der Waals surface area contributed by atoms with Crippen LogP contribution in [0.5, 0.6) is 0 Å². The molecule has 1 atom stereocenters. The lowest BCUT2D eigenvalue weighted by Crippen LogP contribution is -2.28. The zero-order chi connectivity index (χ0) is 18.7. The van der Waals surface area contributed by atoms with Crippen LogP contribution in [0.15, 0.2) is 50.8 Å². The molecule has 0 unspecified atom stereocenters. The summed E-state index contributed by atoms with van der Waals surface area (Å²) in [6, 6.07) is 8.62. The van der Waals surface area contributed by atoms with Crippen molar-refractivity contribution in [2.24, 2.45) is 0 Å². The van der Waals surface area contributed by atoms with Crippen LogP contribution in [0.3, 0.4) is 0 Å². The predicted octanol–water partition coefficient (Wildman–Crippen LogP) is 3.36. The Hall–Kier alpha value is -1.77. The number of nitrogens with zero attached hydrogens (tertiary/aromatic N) is 1. The number of rotatable bonds is 6. The highest BCUT2D eigenvalue weighted by Crippen LogP contribution is 2.36. The zero-order valence-corrected chi connectivity index (χ0v) is 16.4. The van der Waals surface area contributed by atoms with E-state index in [1.54, 1.807) is 43.3 Å². The van der Waals surface area contributed by atoms with E-state index in [-0.39, 0.29) is 16.1 Å². The Morgan fingerprint density at radius 2 is 2.15 bits per heavy atom. The monoisotopic (exact) mass is 394 g/mol. The van der Waals surface area contributed by atoms with Crippen LogP contribution >= 0.6 is 11.8 Å². The number of furan rings is 1. The van der Waals surface area contributed by atoms with Crippen molar-refractivity contribution >= 4 is 33.4 Å². The first-order valence-electron chi connectivity index (χ1n) is 8.45. The van der Waals surface area contributed by atoms with Crippen LogP contribution in [-0.2, 0) is 21.2 Å². The van der Waals surface area contributed by atoms with Gasteiger partial charge in [0.25, 0.3) is 0 Å². The first-order valence-corrected chi connectivity index (χ1v) is 10.8. The quantitative estimate of drug-likeness (QED) is 0.813. The summed E-state index contributed by atoms with van der Waals surface area (Å²) in [4.78, 5) is 13.0. The van der Waals surface area contributed by atoms with E-state index in [0.29, 0.717) is 31.5 Å². The van der Waals surface area contributed by atoms with Crippen LogP contribution in [0.25, 0.3) is 0 Å². The summed E-state index contributed by atoms with van der Waals surface area (Å²) in [5, 5.41) is 2.97. The van der Waals surface area contributed by atoms with E-state index < -0.39 is 10.0 Å². The molecule has 3 rings (SSSR count). The Kier molecular flexibility index (Phi) is 5.74. The van der Waals surface area contributed by atoms with Gasteiger partial charge in [0, 0.05) is 36.6 Å². The van der Waals surface area contributed by atoms with Gasteiger partial charge in [-0.3, -0.25) is 4.79 Å². The lowest BCUT2D eigenvalue weighted by molar-refractivity contribution is -0.116. The summed E-state index contributed by atoms with van der Waals surface area (Å²) in [5.74, 6) is 0.750. The predicted molar refractivity (Wildman–Crippen MR) is 102 cm³/mol. The molecule has 1 aliphatic heterocycles. The number of nitrogens with one attached hydrogen (secondary N) is 1. The number of hydrogen-bond donors (Lipinski definition) is 1. The summed E-state index contributed by atoms with van der Waals surface area (Å²) in [5.41, 5.74) is 0.564. The molecule has 0 radical (unpaired) electrons. The van der Waals surface area contributed by atoms with E-state index in [1.165, 1.54) is 4.31 Å². The normalized spacial score (nSPS) is 17.7. The molecule has 6 nitrogen and oxygen atoms in total. The Bertz CT molecular complexity index is 879. The number of carbonyl (C=O) groups is 1. The van der Waals surface area contributed by atoms with Gasteiger partial charge < -0.3 is 9.73 Å². The molecule has 2 heterocycles. The van der Waals surface area contributed by atoms with Crippen molar-refractivity contribution in [1.82, 2.24) is 4.31 Å². The fourth-order valence-electron chi connectivity index (χ4n) is 2.82. The van der Waals surface area contributed by atoms with Gasteiger partial charge in [-0.05, 0) is 36.8 Å². The number of aryl methyl sites for hydroxylation is 1. The first kappa shape index (κ1) is 19.0. The molecule has 0 aliphatic carbocycles. The molecule has 0 saturated heterocycles. The summed E-state index contributed by atoms with van der Waals surface area (Å²) >= 11 is 1.57. The number of carbonyl (C=O) groups excluding carboxylic acids is 1. The number of thioether (sulfide) groups is 1. The Morgan fingerprint density at radius 3 is 2.88 bits per heavy atom. The van der Waals surface area contributed by atoms with Crippen molar-refractivity contribution < 1.29 is 17.6 Å². The highest BCUT2D eigenvalue weighted by molar-refractivity contribution is 8.00. The molecule has 2 aromatic rings. The molecule has 0 bridgehead atoms. The first-order chi connectivity index (χ1) is 12.4. The third kappa shape index (κ3) is 4.31. The van der Waals surface area contributed by atoms with E-state index in [9.17, 15) is 13.2 Å². The van der Waals surface area contributed by atoms with Crippen molar-refractivity contribution in [2.75, 3.05) is 18.9 Å². The molecule has 1 N–H and O–H groups in total. The summed E-state index contributed by atoms with van der Waals surface area (Å²) < 4.78 is 32.3. The maximum atomic E-state index is 12.8. The molecule has 1 aromatic heterocycles. The van der Waals surface area contributed by atoms with E-state index in [4.69, 9.17) is 4.42 Å². The average Bonchev–Trinajstić information content (AvgIpc) is 3.04. The number of fused-ring (bicyclic) bond motifs is 1. The number of anilines is 1. The van der Waals surface area contributed by atoms with Crippen LogP contribution in [-0.4, -0.2) is 37.5 Å². The standard InChI is InChI=1S/C18H22N2O4S2/c1-13-11-18(21)19-16-12-15(7-8-17(16)25-13)26(22,23)20(2)9-3-5-14-6-4-10-24-14/h4,6-8,10,12-13H,3,5,9,11H2,1-2H3,(H,19,21)/t13-/m1/s1. The third-order valence-corrected chi connectivity index (χ3v) is 7.24. The van der Waals surface area contributed by atoms with E-state index in [1.807, 2.05) is 19.1 Å². The van der Waals surface area contributed by atoms with Gasteiger partial charge in [0.15, 0.2) is 0 Å². The lowest BCUT2D eigenvalue weighted by Gasteiger charge is -2.18. The largest absolute Gasteiger partial charge is 0.469 e. The topological polar surface area (TPSA) is 79.6 Å². The van der Waals surface area contributed by atoms with Crippen molar-refractivity contribution in [3.63, 3.8) is 0 Å². The fraction of sp³-hybridized carbons (Fsp3) is 0.389. The van der Waals surface area contributed by atoms with E-state index in [2.05, 4.69) is 5.32 Å². The SMILES string of the molecule is C[C@@H]1CC(=O)Nc2cc(S(=O)(=O)N(C)CCCc3ccco3)ccc2S1. The molecule has 1 aromatic carbocycles. The molecule has 26 heavy (non-hydrogen) atoms. The summed E-state index contributed by atoms with van der Waals surface area (Å²) in [7, 11) is -2.05.